The first-order chi connectivity index (χ1) is 14.9. The average molecular weight is 421 g/mol. The van der Waals surface area contributed by atoms with Crippen molar-refractivity contribution in [3.8, 4) is 11.1 Å². The molecule has 2 amide bonds. The van der Waals surface area contributed by atoms with E-state index < -0.39 is 5.41 Å². The molecule has 31 heavy (non-hydrogen) atoms. The second kappa shape index (κ2) is 8.66. The van der Waals surface area contributed by atoms with E-state index in [1.54, 1.807) is 18.2 Å². The highest BCUT2D eigenvalue weighted by molar-refractivity contribution is 5.87. The van der Waals surface area contributed by atoms with Gasteiger partial charge in [-0.05, 0) is 42.4 Å². The van der Waals surface area contributed by atoms with E-state index in [0.717, 1.165) is 17.5 Å². The minimum atomic E-state index is -0.738. The topological polar surface area (TPSA) is 49.4 Å². The van der Waals surface area contributed by atoms with Crippen LogP contribution in [0.3, 0.4) is 0 Å². The van der Waals surface area contributed by atoms with Gasteiger partial charge >= 0.3 is 0 Å². The Morgan fingerprint density at radius 2 is 1.87 bits per heavy atom. The molecular formula is C26H29FN2O2. The molecule has 2 aliphatic rings. The van der Waals surface area contributed by atoms with Gasteiger partial charge in [-0.15, -0.1) is 6.58 Å². The highest BCUT2D eigenvalue weighted by Crippen LogP contribution is 2.43. The van der Waals surface area contributed by atoms with Crippen LogP contribution in [0.2, 0.25) is 0 Å². The molecule has 1 saturated heterocycles. The van der Waals surface area contributed by atoms with Crippen LogP contribution >= 0.6 is 0 Å². The molecule has 2 fully saturated rings. The van der Waals surface area contributed by atoms with E-state index in [2.05, 4.69) is 18.8 Å². The lowest BCUT2D eigenvalue weighted by atomic mass is 9.78. The molecule has 4 rings (SSSR count). The zero-order valence-corrected chi connectivity index (χ0v) is 17.9. The molecule has 4 nitrogen and oxygen atoms in total. The number of hydrogen-bond donors (Lipinski definition) is 1. The lowest BCUT2D eigenvalue weighted by molar-refractivity contribution is -0.134. The monoisotopic (exact) mass is 420 g/mol. The maximum Gasteiger partial charge on any atom is 0.228 e. The van der Waals surface area contributed by atoms with Crippen molar-refractivity contribution in [2.75, 3.05) is 19.6 Å². The quantitative estimate of drug-likeness (QED) is 0.682. The minimum absolute atomic E-state index is 0.0742. The molecular weight excluding hydrogens is 391 g/mol. The van der Waals surface area contributed by atoms with Gasteiger partial charge in [-0.2, -0.15) is 0 Å². The Balaban J connectivity index is 1.65. The molecule has 1 N–H and O–H groups in total. The van der Waals surface area contributed by atoms with E-state index in [0.29, 0.717) is 44.0 Å². The van der Waals surface area contributed by atoms with Crippen LogP contribution in [-0.2, 0) is 16.0 Å². The van der Waals surface area contributed by atoms with Crippen LogP contribution in [0.15, 0.2) is 61.2 Å². The Bertz CT molecular complexity index is 1000. The zero-order chi connectivity index (χ0) is 22.0. The number of halogens is 1. The fourth-order valence-corrected chi connectivity index (χ4v) is 4.70. The largest absolute Gasteiger partial charge is 0.352 e. The van der Waals surface area contributed by atoms with E-state index in [4.69, 9.17) is 0 Å². The smallest absolute Gasteiger partial charge is 0.228 e. The summed E-state index contributed by atoms with van der Waals surface area (Å²) in [5, 5.41) is 2.95. The van der Waals surface area contributed by atoms with Crippen LogP contribution in [0.1, 0.15) is 25.3 Å². The Morgan fingerprint density at radius 1 is 1.19 bits per heavy atom. The van der Waals surface area contributed by atoms with E-state index in [9.17, 15) is 14.0 Å². The molecule has 1 aliphatic heterocycles. The number of rotatable bonds is 7. The SMILES string of the molecule is C=CCNC(=O)[C@]1(Cc2ccccc2-c2ccccc2F)CCN(C(=O)[C@H]2C[C@@H]2C)C1. The zero-order valence-electron chi connectivity index (χ0n) is 17.9. The molecule has 2 aromatic carbocycles. The first-order valence-corrected chi connectivity index (χ1v) is 11.0. The van der Waals surface area contributed by atoms with Gasteiger partial charge in [0.15, 0.2) is 0 Å². The van der Waals surface area contributed by atoms with Gasteiger partial charge in [0, 0.05) is 31.1 Å². The minimum Gasteiger partial charge on any atom is -0.352 e. The molecule has 3 atom stereocenters. The summed E-state index contributed by atoms with van der Waals surface area (Å²) in [6, 6.07) is 14.3. The molecule has 1 heterocycles. The van der Waals surface area contributed by atoms with E-state index >= 15 is 0 Å². The summed E-state index contributed by atoms with van der Waals surface area (Å²) in [5.41, 5.74) is 1.49. The first kappa shape index (κ1) is 21.3. The van der Waals surface area contributed by atoms with Crippen molar-refractivity contribution in [2.45, 2.75) is 26.2 Å². The molecule has 0 radical (unpaired) electrons. The predicted octanol–water partition coefficient (Wildman–Crippen LogP) is 4.21. The molecule has 1 saturated carbocycles. The standard InChI is InChI=1S/C26H29FN2O2/c1-3-13-28-25(31)26(12-14-29(17-26)24(30)22-15-18(22)2)16-19-8-4-5-9-20(19)21-10-6-7-11-23(21)27/h3-11,18,22H,1,12-17H2,2H3,(H,28,31)/t18-,22-,26-/m0/s1. The van der Waals surface area contributed by atoms with Crippen molar-refractivity contribution in [1.29, 1.82) is 0 Å². The predicted molar refractivity (Wildman–Crippen MR) is 120 cm³/mol. The fourth-order valence-electron chi connectivity index (χ4n) is 4.70. The summed E-state index contributed by atoms with van der Waals surface area (Å²) in [7, 11) is 0. The summed E-state index contributed by atoms with van der Waals surface area (Å²) in [6.45, 7) is 7.13. The summed E-state index contributed by atoms with van der Waals surface area (Å²) >= 11 is 0. The van der Waals surface area contributed by atoms with Gasteiger partial charge in [0.2, 0.25) is 11.8 Å². The number of hydrogen-bond acceptors (Lipinski definition) is 2. The van der Waals surface area contributed by atoms with Crippen LogP contribution in [0, 0.1) is 23.1 Å². The van der Waals surface area contributed by atoms with Gasteiger partial charge in [0.25, 0.3) is 0 Å². The van der Waals surface area contributed by atoms with E-state index in [1.165, 1.54) is 6.07 Å². The second-order valence-corrected chi connectivity index (χ2v) is 8.92. The number of carbonyl (C=O) groups excluding carboxylic acids is 2. The van der Waals surface area contributed by atoms with Crippen molar-refractivity contribution >= 4 is 11.8 Å². The van der Waals surface area contributed by atoms with Gasteiger partial charge in [-0.3, -0.25) is 9.59 Å². The third-order valence-corrected chi connectivity index (χ3v) is 6.69. The Kier molecular flexibility index (Phi) is 5.94. The second-order valence-electron chi connectivity index (χ2n) is 8.92. The molecule has 1 aliphatic carbocycles. The number of benzene rings is 2. The van der Waals surface area contributed by atoms with Crippen LogP contribution < -0.4 is 5.32 Å². The maximum absolute atomic E-state index is 14.5. The molecule has 0 bridgehead atoms. The number of likely N-dealkylation sites (tertiary alicyclic amines) is 1. The summed E-state index contributed by atoms with van der Waals surface area (Å²) in [6.07, 6.45) is 3.63. The summed E-state index contributed by atoms with van der Waals surface area (Å²) in [5.74, 6) is 0.325. The molecule has 5 heteroatoms. The lowest BCUT2D eigenvalue weighted by Crippen LogP contribution is -2.45. The van der Waals surface area contributed by atoms with E-state index in [1.807, 2.05) is 35.2 Å². The Hall–Kier alpha value is -2.95. The number of amides is 2. The van der Waals surface area contributed by atoms with Gasteiger partial charge in [-0.1, -0.05) is 55.5 Å². The number of nitrogens with one attached hydrogen (secondary N) is 1. The lowest BCUT2D eigenvalue weighted by Gasteiger charge is -2.29. The van der Waals surface area contributed by atoms with Crippen molar-refractivity contribution in [1.82, 2.24) is 10.2 Å². The van der Waals surface area contributed by atoms with Crippen LogP contribution in [0.5, 0.6) is 0 Å². The Morgan fingerprint density at radius 3 is 2.55 bits per heavy atom. The normalized spacial score (nSPS) is 24.6. The van der Waals surface area contributed by atoms with Gasteiger partial charge in [-0.25, -0.2) is 4.39 Å². The third kappa shape index (κ3) is 4.27. The molecule has 162 valence electrons. The van der Waals surface area contributed by atoms with Crippen molar-refractivity contribution in [3.63, 3.8) is 0 Å². The molecule has 0 aromatic heterocycles. The number of nitrogens with zero attached hydrogens (tertiary/aromatic N) is 1. The average Bonchev–Trinajstić information content (AvgIpc) is 3.35. The van der Waals surface area contributed by atoms with Crippen LogP contribution in [0.25, 0.3) is 11.1 Å². The van der Waals surface area contributed by atoms with Gasteiger partial charge < -0.3 is 10.2 Å². The third-order valence-electron chi connectivity index (χ3n) is 6.69. The van der Waals surface area contributed by atoms with Crippen molar-refractivity contribution < 1.29 is 14.0 Å². The molecule has 0 unspecified atom stereocenters. The highest BCUT2D eigenvalue weighted by atomic mass is 19.1. The first-order valence-electron chi connectivity index (χ1n) is 11.0. The highest BCUT2D eigenvalue weighted by Gasteiger charge is 2.49. The van der Waals surface area contributed by atoms with Crippen molar-refractivity contribution in [3.05, 3.63) is 72.6 Å². The van der Waals surface area contributed by atoms with Crippen LogP contribution in [0.4, 0.5) is 4.39 Å². The fraction of sp³-hybridized carbons (Fsp3) is 0.385. The van der Waals surface area contributed by atoms with E-state index in [-0.39, 0.29) is 23.5 Å². The molecule has 2 aromatic rings. The summed E-state index contributed by atoms with van der Waals surface area (Å²) in [4.78, 5) is 28.0. The van der Waals surface area contributed by atoms with Gasteiger partial charge in [0.1, 0.15) is 5.82 Å². The Labute approximate surface area is 183 Å². The van der Waals surface area contributed by atoms with Crippen molar-refractivity contribution in [2.24, 2.45) is 17.3 Å². The molecule has 0 spiro atoms. The maximum atomic E-state index is 14.5. The summed E-state index contributed by atoms with van der Waals surface area (Å²) < 4.78 is 14.5. The van der Waals surface area contributed by atoms with Gasteiger partial charge in [0.05, 0.1) is 5.41 Å². The van der Waals surface area contributed by atoms with Crippen LogP contribution in [-0.4, -0.2) is 36.3 Å². The number of carbonyl (C=O) groups is 2.